The van der Waals surface area contributed by atoms with Crippen molar-refractivity contribution in [1.29, 1.82) is 5.41 Å². The highest BCUT2D eigenvalue weighted by Gasteiger charge is 2.11. The predicted octanol–water partition coefficient (Wildman–Crippen LogP) is 3.46. The molecule has 18 heavy (non-hydrogen) atoms. The SMILES string of the molecule is N=C(N)c1cccnc1Oc1cc(Cl)ccc1Cl. The monoisotopic (exact) mass is 281 g/mol. The van der Waals surface area contributed by atoms with Crippen molar-refractivity contribution in [2.45, 2.75) is 0 Å². The summed E-state index contributed by atoms with van der Waals surface area (Å²) < 4.78 is 5.53. The number of rotatable bonds is 3. The predicted molar refractivity (Wildman–Crippen MR) is 71.8 cm³/mol. The number of ether oxygens (including phenoxy) is 1. The van der Waals surface area contributed by atoms with Crippen LogP contribution in [0.1, 0.15) is 5.56 Å². The van der Waals surface area contributed by atoms with Crippen molar-refractivity contribution in [2.24, 2.45) is 5.73 Å². The third kappa shape index (κ3) is 2.72. The number of pyridine rings is 1. The Balaban J connectivity index is 2.40. The first-order chi connectivity index (χ1) is 8.58. The van der Waals surface area contributed by atoms with Gasteiger partial charge in [0.2, 0.25) is 5.88 Å². The number of hydrogen-bond donors (Lipinski definition) is 2. The van der Waals surface area contributed by atoms with Gasteiger partial charge in [-0.2, -0.15) is 0 Å². The molecule has 1 aromatic heterocycles. The maximum Gasteiger partial charge on any atom is 0.230 e. The molecular weight excluding hydrogens is 273 g/mol. The lowest BCUT2D eigenvalue weighted by atomic mass is 10.2. The molecule has 0 spiro atoms. The second-order valence-corrected chi connectivity index (χ2v) is 4.29. The highest BCUT2D eigenvalue weighted by atomic mass is 35.5. The van der Waals surface area contributed by atoms with Gasteiger partial charge in [0.25, 0.3) is 0 Å². The zero-order valence-electron chi connectivity index (χ0n) is 9.15. The molecule has 0 atom stereocenters. The average molecular weight is 282 g/mol. The lowest BCUT2D eigenvalue weighted by Gasteiger charge is -2.10. The number of amidine groups is 1. The smallest absolute Gasteiger partial charge is 0.230 e. The summed E-state index contributed by atoms with van der Waals surface area (Å²) in [6.45, 7) is 0. The van der Waals surface area contributed by atoms with Gasteiger partial charge in [0.1, 0.15) is 11.6 Å². The molecule has 0 unspecified atom stereocenters. The fourth-order valence-corrected chi connectivity index (χ4v) is 1.65. The Kier molecular flexibility index (Phi) is 3.69. The number of aromatic nitrogens is 1. The highest BCUT2D eigenvalue weighted by molar-refractivity contribution is 6.34. The Bertz CT molecular complexity index is 602. The van der Waals surface area contributed by atoms with E-state index in [0.717, 1.165) is 0 Å². The van der Waals surface area contributed by atoms with E-state index in [1.54, 1.807) is 36.5 Å². The molecule has 4 nitrogen and oxygen atoms in total. The van der Waals surface area contributed by atoms with Crippen LogP contribution in [0.15, 0.2) is 36.5 Å². The highest BCUT2D eigenvalue weighted by Crippen LogP contribution is 2.32. The number of nitrogens with two attached hydrogens (primary N) is 1. The summed E-state index contributed by atoms with van der Waals surface area (Å²) in [4.78, 5) is 4.02. The van der Waals surface area contributed by atoms with Crippen LogP contribution in [0.5, 0.6) is 11.6 Å². The van der Waals surface area contributed by atoms with Crippen molar-refractivity contribution >= 4 is 29.0 Å². The van der Waals surface area contributed by atoms with Gasteiger partial charge in [-0.05, 0) is 24.3 Å². The van der Waals surface area contributed by atoms with E-state index in [1.807, 2.05) is 0 Å². The van der Waals surface area contributed by atoms with Crippen LogP contribution in [-0.4, -0.2) is 10.8 Å². The van der Waals surface area contributed by atoms with Gasteiger partial charge in [0.15, 0.2) is 0 Å². The zero-order valence-corrected chi connectivity index (χ0v) is 10.7. The molecule has 0 aliphatic rings. The normalized spacial score (nSPS) is 10.1. The van der Waals surface area contributed by atoms with Gasteiger partial charge >= 0.3 is 0 Å². The Morgan fingerprint density at radius 2 is 2.06 bits per heavy atom. The van der Waals surface area contributed by atoms with Crippen LogP contribution in [0.3, 0.4) is 0 Å². The molecule has 2 aromatic rings. The maximum absolute atomic E-state index is 7.44. The van der Waals surface area contributed by atoms with E-state index in [4.69, 9.17) is 39.1 Å². The molecule has 1 heterocycles. The number of benzene rings is 1. The quantitative estimate of drug-likeness (QED) is 0.668. The van der Waals surface area contributed by atoms with Crippen LogP contribution in [0.25, 0.3) is 0 Å². The van der Waals surface area contributed by atoms with Crippen molar-refractivity contribution in [2.75, 3.05) is 0 Å². The summed E-state index contributed by atoms with van der Waals surface area (Å²) in [5, 5.41) is 8.33. The fourth-order valence-electron chi connectivity index (χ4n) is 1.34. The van der Waals surface area contributed by atoms with Gasteiger partial charge in [-0.3, -0.25) is 5.41 Å². The number of nitrogens with one attached hydrogen (secondary N) is 1. The molecule has 0 fully saturated rings. The zero-order chi connectivity index (χ0) is 13.1. The molecule has 6 heteroatoms. The van der Waals surface area contributed by atoms with Crippen molar-refractivity contribution in [3.05, 3.63) is 52.1 Å². The summed E-state index contributed by atoms with van der Waals surface area (Å²) in [5.74, 6) is 0.454. The molecule has 1 aromatic carbocycles. The van der Waals surface area contributed by atoms with Gasteiger partial charge in [0.05, 0.1) is 10.6 Å². The van der Waals surface area contributed by atoms with E-state index in [2.05, 4.69) is 4.98 Å². The van der Waals surface area contributed by atoms with E-state index >= 15 is 0 Å². The summed E-state index contributed by atoms with van der Waals surface area (Å²) in [6.07, 6.45) is 1.54. The minimum atomic E-state index is -0.128. The molecule has 2 rings (SSSR count). The van der Waals surface area contributed by atoms with Crippen molar-refractivity contribution in [3.63, 3.8) is 0 Å². The summed E-state index contributed by atoms with van der Waals surface area (Å²) in [7, 11) is 0. The topological polar surface area (TPSA) is 72.0 Å². The number of halogens is 2. The first-order valence-corrected chi connectivity index (χ1v) is 5.76. The number of nitrogens with zero attached hydrogens (tertiary/aromatic N) is 1. The Morgan fingerprint density at radius 3 is 2.78 bits per heavy atom. The minimum Gasteiger partial charge on any atom is -0.437 e. The van der Waals surface area contributed by atoms with E-state index in [-0.39, 0.29) is 11.7 Å². The summed E-state index contributed by atoms with van der Waals surface area (Å²) in [6, 6.07) is 8.16. The molecule has 0 saturated heterocycles. The van der Waals surface area contributed by atoms with E-state index < -0.39 is 0 Å². The number of hydrogen-bond acceptors (Lipinski definition) is 3. The molecule has 0 aliphatic carbocycles. The van der Waals surface area contributed by atoms with Crippen LogP contribution in [0.2, 0.25) is 10.0 Å². The van der Waals surface area contributed by atoms with Gasteiger partial charge in [-0.1, -0.05) is 23.2 Å². The average Bonchev–Trinajstić information content (AvgIpc) is 2.34. The molecule has 0 saturated carbocycles. The second-order valence-electron chi connectivity index (χ2n) is 3.45. The van der Waals surface area contributed by atoms with E-state index in [1.165, 1.54) is 0 Å². The van der Waals surface area contributed by atoms with Crippen molar-refractivity contribution in [3.8, 4) is 11.6 Å². The Morgan fingerprint density at radius 1 is 1.28 bits per heavy atom. The minimum absolute atomic E-state index is 0.128. The maximum atomic E-state index is 7.44. The van der Waals surface area contributed by atoms with Crippen LogP contribution in [-0.2, 0) is 0 Å². The van der Waals surface area contributed by atoms with Gasteiger partial charge in [-0.15, -0.1) is 0 Å². The third-order valence-corrected chi connectivity index (χ3v) is 2.71. The largest absolute Gasteiger partial charge is 0.437 e. The van der Waals surface area contributed by atoms with Crippen LogP contribution in [0.4, 0.5) is 0 Å². The molecular formula is C12H9Cl2N3O. The van der Waals surface area contributed by atoms with Gasteiger partial charge in [0, 0.05) is 17.3 Å². The van der Waals surface area contributed by atoms with Crippen molar-refractivity contribution in [1.82, 2.24) is 4.98 Å². The van der Waals surface area contributed by atoms with Crippen LogP contribution < -0.4 is 10.5 Å². The molecule has 92 valence electrons. The van der Waals surface area contributed by atoms with Crippen LogP contribution in [0, 0.1) is 5.41 Å². The van der Waals surface area contributed by atoms with E-state index in [9.17, 15) is 0 Å². The molecule has 0 bridgehead atoms. The van der Waals surface area contributed by atoms with Gasteiger partial charge < -0.3 is 10.5 Å². The van der Waals surface area contributed by atoms with Gasteiger partial charge in [-0.25, -0.2) is 4.98 Å². The standard InChI is InChI=1S/C12H9Cl2N3O/c13-7-3-4-9(14)10(6-7)18-12-8(11(15)16)2-1-5-17-12/h1-6H,(H3,15,16). The lowest BCUT2D eigenvalue weighted by Crippen LogP contribution is -2.12. The molecule has 0 amide bonds. The van der Waals surface area contributed by atoms with E-state index in [0.29, 0.717) is 21.4 Å². The molecule has 0 radical (unpaired) electrons. The summed E-state index contributed by atoms with van der Waals surface area (Å²) in [5.41, 5.74) is 5.84. The summed E-state index contributed by atoms with van der Waals surface area (Å²) >= 11 is 11.8. The first kappa shape index (κ1) is 12.7. The van der Waals surface area contributed by atoms with Crippen LogP contribution >= 0.6 is 23.2 Å². The second kappa shape index (κ2) is 5.25. The molecule has 3 N–H and O–H groups in total. The lowest BCUT2D eigenvalue weighted by molar-refractivity contribution is 0.462. The van der Waals surface area contributed by atoms with Crippen molar-refractivity contribution < 1.29 is 4.74 Å². The molecule has 0 aliphatic heterocycles. The number of nitrogen functional groups attached to an aromatic ring is 1. The first-order valence-electron chi connectivity index (χ1n) is 5.00. The third-order valence-electron chi connectivity index (χ3n) is 2.16. The Labute approximate surface area is 114 Å². The fraction of sp³-hybridized carbons (Fsp3) is 0. The Hall–Kier alpha value is -1.78.